The van der Waals surface area contributed by atoms with Gasteiger partial charge in [-0.1, -0.05) is 18.7 Å². The van der Waals surface area contributed by atoms with E-state index < -0.39 is 106 Å². The van der Waals surface area contributed by atoms with E-state index in [-0.39, 0.29) is 10.6 Å². The predicted molar refractivity (Wildman–Crippen MR) is 176 cm³/mol. The van der Waals surface area contributed by atoms with Crippen molar-refractivity contribution in [3.63, 3.8) is 0 Å². The van der Waals surface area contributed by atoms with Gasteiger partial charge in [-0.05, 0) is 60.0 Å². The maximum Gasteiger partial charge on any atom is 0.315 e. The molecule has 0 saturated heterocycles. The number of aromatic hydroxyl groups is 1. The Morgan fingerprint density at radius 2 is 1.31 bits per heavy atom. The number of fused-ring (bicyclic) bond motifs is 1. The average molecular weight is 782 g/mol. The highest BCUT2D eigenvalue weighted by Gasteiger charge is 2.26. The number of rotatable bonds is 11. The normalized spacial score (nSPS) is 12.6. The molecule has 5 aromatic rings. The summed E-state index contributed by atoms with van der Waals surface area (Å²) in [6, 6.07) is 11.6. The third-order valence-corrected chi connectivity index (χ3v) is 10.6. The van der Waals surface area contributed by atoms with Crippen LogP contribution in [0.15, 0.2) is 109 Å². The van der Waals surface area contributed by atoms with E-state index in [4.69, 9.17) is 0 Å². The monoisotopic (exact) mass is 781 g/mol. The lowest BCUT2D eigenvalue weighted by Gasteiger charge is -2.15. The van der Waals surface area contributed by atoms with Crippen LogP contribution in [-0.4, -0.2) is 67.4 Å². The highest BCUT2D eigenvalue weighted by atomic mass is 32.2. The van der Waals surface area contributed by atoms with E-state index in [2.05, 4.69) is 42.4 Å². The van der Waals surface area contributed by atoms with Crippen LogP contribution in [0, 0.1) is 6.08 Å². The van der Waals surface area contributed by atoms with Crippen LogP contribution in [0.3, 0.4) is 0 Å². The minimum absolute atomic E-state index is 0.101. The third-order valence-electron chi connectivity index (χ3n) is 6.61. The predicted octanol–water partition coefficient (Wildman–Crippen LogP) is 4.43. The van der Waals surface area contributed by atoms with Gasteiger partial charge in [-0.2, -0.15) is 44.6 Å². The molecule has 0 aliphatic rings. The number of phenols is 1. The van der Waals surface area contributed by atoms with Crippen molar-refractivity contribution in [3.05, 3.63) is 84.8 Å². The van der Waals surface area contributed by atoms with Crippen LogP contribution in [0.1, 0.15) is 0 Å². The molecule has 4 aromatic carbocycles. The Morgan fingerprint density at radius 1 is 0.706 bits per heavy atom. The molecule has 0 radical (unpaired) electrons. The molecule has 0 spiro atoms. The molecule has 266 valence electrons. The lowest BCUT2D eigenvalue weighted by molar-refractivity contribution is 0.472. The first-order valence-corrected chi connectivity index (χ1v) is 19.2. The smallest absolute Gasteiger partial charge is 0.315 e. The van der Waals surface area contributed by atoms with E-state index >= 15 is 0 Å². The number of sulfone groups is 1. The van der Waals surface area contributed by atoms with Gasteiger partial charge in [0.1, 0.15) is 21.2 Å². The number of hydrogen-bond donors (Lipinski definition) is 6. The molecule has 0 aliphatic carbocycles. The molecule has 0 fully saturated rings. The molecule has 0 saturated carbocycles. The first-order chi connectivity index (χ1) is 23.7. The first-order valence-electron chi connectivity index (χ1n) is 13.4. The molecule has 5 rings (SSSR count). The van der Waals surface area contributed by atoms with E-state index in [1.807, 2.05) is 0 Å². The Balaban J connectivity index is 1.67. The third kappa shape index (κ3) is 8.12. The zero-order valence-corrected chi connectivity index (χ0v) is 28.2. The number of phenolic OH excluding ortho intramolecular Hbond substituents is 1. The minimum atomic E-state index is -5.31. The largest absolute Gasteiger partial charge is 0.505 e. The summed E-state index contributed by atoms with van der Waals surface area (Å²) in [5, 5.41) is 23.3. The molecule has 1 aromatic heterocycles. The van der Waals surface area contributed by atoms with Gasteiger partial charge < -0.3 is 15.7 Å². The van der Waals surface area contributed by atoms with E-state index in [1.54, 1.807) is 0 Å². The number of aromatic nitrogens is 3. The molecule has 1 heterocycles. The summed E-state index contributed by atoms with van der Waals surface area (Å²) in [4.78, 5) is 7.98. The van der Waals surface area contributed by atoms with Gasteiger partial charge in [0.05, 0.1) is 15.5 Å². The summed E-state index contributed by atoms with van der Waals surface area (Å²) in [5.74, 6) is -2.25. The summed E-state index contributed by atoms with van der Waals surface area (Å²) in [6.45, 7) is 3.23. The van der Waals surface area contributed by atoms with E-state index in [9.17, 15) is 56.8 Å². The second kappa shape index (κ2) is 13.3. The van der Waals surface area contributed by atoms with Crippen LogP contribution in [0.2, 0.25) is 0 Å². The zero-order valence-electron chi connectivity index (χ0n) is 24.9. The standard InChI is InChI=1S/C27H20FN7O12S4/c1-2-48(37,38)16-9-7-15(8-10-16)29-26-31-25(28)32-27(33-26)30-19-13-17(49(39,40)41)11-14-12-21(51(45,46)47)23(24(36)22(14)19)35-34-18-5-3-4-6-20(18)50(42,43)44/h2-13,36H,1H2,(H,39,40,41)(H,42,43,44)(H,45,46,47)(H2,29,30,31,32,33). The van der Waals surface area contributed by atoms with Crippen LogP contribution in [0.5, 0.6) is 5.75 Å². The summed E-state index contributed by atoms with van der Waals surface area (Å²) in [6.07, 6.45) is -1.40. The Bertz CT molecular complexity index is 2730. The van der Waals surface area contributed by atoms with Crippen molar-refractivity contribution in [3.8, 4) is 5.75 Å². The molecule has 0 bridgehead atoms. The van der Waals surface area contributed by atoms with Crippen LogP contribution in [0.25, 0.3) is 10.8 Å². The van der Waals surface area contributed by atoms with Crippen molar-refractivity contribution in [1.29, 1.82) is 0 Å². The molecular weight excluding hydrogens is 762 g/mol. The molecule has 0 unspecified atom stereocenters. The number of anilines is 4. The first kappa shape index (κ1) is 36.8. The fourth-order valence-corrected chi connectivity index (χ4v) is 6.93. The Morgan fingerprint density at radius 3 is 1.90 bits per heavy atom. The quantitative estimate of drug-likeness (QED) is 0.0797. The van der Waals surface area contributed by atoms with Crippen LogP contribution < -0.4 is 10.6 Å². The Kier molecular flexibility index (Phi) is 9.61. The molecular formula is C27H20FN7O12S4. The van der Waals surface area contributed by atoms with Gasteiger partial charge in [-0.25, -0.2) is 8.42 Å². The summed E-state index contributed by atoms with van der Waals surface area (Å²) in [7, 11) is -19.0. The van der Waals surface area contributed by atoms with Crippen LogP contribution >= 0.6 is 0 Å². The van der Waals surface area contributed by atoms with E-state index in [0.717, 1.165) is 17.5 Å². The van der Waals surface area contributed by atoms with Crippen molar-refractivity contribution in [2.24, 2.45) is 10.2 Å². The number of nitrogens with zero attached hydrogens (tertiary/aromatic N) is 5. The second-order valence-electron chi connectivity index (χ2n) is 9.97. The number of benzene rings is 4. The molecule has 0 aliphatic heterocycles. The number of nitrogens with one attached hydrogen (secondary N) is 2. The maximum absolute atomic E-state index is 14.6. The molecule has 51 heavy (non-hydrogen) atoms. The van der Waals surface area contributed by atoms with Gasteiger partial charge in [0.2, 0.25) is 11.9 Å². The van der Waals surface area contributed by atoms with Crippen LogP contribution in [-0.2, 0) is 40.2 Å². The summed E-state index contributed by atoms with van der Waals surface area (Å²) >= 11 is 0. The Labute approximate surface area is 287 Å². The lowest BCUT2D eigenvalue weighted by atomic mass is 10.1. The minimum Gasteiger partial charge on any atom is -0.505 e. The van der Waals surface area contributed by atoms with Gasteiger partial charge in [0.15, 0.2) is 15.6 Å². The topological polar surface area (TPSA) is 305 Å². The highest BCUT2D eigenvalue weighted by molar-refractivity contribution is 7.94. The van der Waals surface area contributed by atoms with Gasteiger partial charge in [-0.15, -0.1) is 10.2 Å². The average Bonchev–Trinajstić information content (AvgIpc) is 3.02. The van der Waals surface area contributed by atoms with Gasteiger partial charge in [0.25, 0.3) is 30.4 Å². The molecule has 24 heteroatoms. The van der Waals surface area contributed by atoms with Crippen molar-refractivity contribution in [2.45, 2.75) is 19.6 Å². The molecule has 6 N–H and O–H groups in total. The van der Waals surface area contributed by atoms with Crippen molar-refractivity contribution in [2.75, 3.05) is 10.6 Å². The maximum atomic E-state index is 14.6. The second-order valence-corrected chi connectivity index (χ2v) is 16.1. The highest BCUT2D eigenvalue weighted by Crippen LogP contribution is 2.46. The Hall–Kier alpha value is -5.50. The van der Waals surface area contributed by atoms with Crippen LogP contribution in [0.4, 0.5) is 39.0 Å². The van der Waals surface area contributed by atoms with Gasteiger partial charge in [0, 0.05) is 16.5 Å². The van der Waals surface area contributed by atoms with E-state index in [0.29, 0.717) is 18.2 Å². The fraction of sp³-hybridized carbons (Fsp3) is 0. The molecule has 0 atom stereocenters. The fourth-order valence-electron chi connectivity index (χ4n) is 4.40. The van der Waals surface area contributed by atoms with Crippen molar-refractivity contribution in [1.82, 2.24) is 15.0 Å². The number of halogens is 1. The van der Waals surface area contributed by atoms with Crippen molar-refractivity contribution < 1.29 is 56.8 Å². The number of azo groups is 1. The van der Waals surface area contributed by atoms with Gasteiger partial charge >= 0.3 is 6.08 Å². The zero-order chi connectivity index (χ0) is 37.5. The lowest BCUT2D eigenvalue weighted by Crippen LogP contribution is -2.07. The van der Waals surface area contributed by atoms with Crippen molar-refractivity contribution >= 4 is 85.6 Å². The SMILES string of the molecule is C=CS(=O)(=O)c1ccc(Nc2nc(F)nc(Nc3cc(S(=O)(=O)O)cc4cc(S(=O)(=O)O)c(N=Nc5ccccc5S(=O)(=O)O)c(O)c34)n2)cc1. The van der Waals surface area contributed by atoms with Gasteiger partial charge in [-0.3, -0.25) is 13.7 Å². The molecule has 0 amide bonds. The summed E-state index contributed by atoms with van der Waals surface area (Å²) < 4.78 is 140. The number of hydrogen-bond acceptors (Lipinski definition) is 16. The molecule has 19 nitrogen and oxygen atoms in total. The van der Waals surface area contributed by atoms with E-state index in [1.165, 1.54) is 36.4 Å². The summed E-state index contributed by atoms with van der Waals surface area (Å²) in [5.41, 5.74) is -1.89.